The van der Waals surface area contributed by atoms with Crippen LogP contribution in [0.4, 0.5) is 0 Å². The Labute approximate surface area is 135 Å². The molecular formula is C18H21N3O2. The fraction of sp³-hybridized carbons (Fsp3) is 0.556. The summed E-state index contributed by atoms with van der Waals surface area (Å²) in [6, 6.07) is 5.89. The summed E-state index contributed by atoms with van der Waals surface area (Å²) in [5.74, 6) is 1.97. The third-order valence-electron chi connectivity index (χ3n) is 5.57. The molecule has 2 bridgehead atoms. The minimum Gasteiger partial charge on any atom is -0.440 e. The Morgan fingerprint density at radius 3 is 2.74 bits per heavy atom. The van der Waals surface area contributed by atoms with Crippen molar-refractivity contribution in [3.05, 3.63) is 29.7 Å². The van der Waals surface area contributed by atoms with Crippen molar-refractivity contribution in [1.82, 2.24) is 15.2 Å². The molecule has 120 valence electrons. The van der Waals surface area contributed by atoms with Gasteiger partial charge in [0.1, 0.15) is 5.52 Å². The number of oxazole rings is 1. The predicted octanol–water partition coefficient (Wildman–Crippen LogP) is 2.53. The van der Waals surface area contributed by atoms with Crippen molar-refractivity contribution >= 4 is 17.0 Å². The Kier molecular flexibility index (Phi) is 2.98. The molecule has 1 aliphatic carbocycles. The second-order valence-electron chi connectivity index (χ2n) is 7.23. The normalized spacial score (nSPS) is 29.8. The van der Waals surface area contributed by atoms with Crippen LogP contribution in [-0.2, 0) is 0 Å². The van der Waals surface area contributed by atoms with E-state index in [-0.39, 0.29) is 11.9 Å². The van der Waals surface area contributed by atoms with E-state index >= 15 is 0 Å². The van der Waals surface area contributed by atoms with E-state index in [1.165, 1.54) is 38.8 Å². The first kappa shape index (κ1) is 13.5. The van der Waals surface area contributed by atoms with Crippen molar-refractivity contribution in [1.29, 1.82) is 0 Å². The third-order valence-corrected chi connectivity index (χ3v) is 5.57. The maximum Gasteiger partial charge on any atom is 0.251 e. The zero-order chi connectivity index (χ0) is 15.4. The second-order valence-corrected chi connectivity index (χ2v) is 7.23. The molecule has 0 unspecified atom stereocenters. The molecule has 6 rings (SSSR count). The van der Waals surface area contributed by atoms with Crippen molar-refractivity contribution in [2.24, 2.45) is 5.92 Å². The monoisotopic (exact) mass is 311 g/mol. The van der Waals surface area contributed by atoms with Crippen LogP contribution in [-0.4, -0.2) is 41.5 Å². The minimum absolute atomic E-state index is 0.00928. The topological polar surface area (TPSA) is 58.4 Å². The van der Waals surface area contributed by atoms with Gasteiger partial charge in [0.2, 0.25) is 0 Å². The van der Waals surface area contributed by atoms with Gasteiger partial charge in [0, 0.05) is 24.1 Å². The molecule has 1 aromatic heterocycles. The van der Waals surface area contributed by atoms with Gasteiger partial charge in [-0.2, -0.15) is 0 Å². The Bertz CT molecular complexity index is 757. The van der Waals surface area contributed by atoms with Crippen LogP contribution in [0, 0.1) is 5.92 Å². The molecule has 23 heavy (non-hydrogen) atoms. The maximum absolute atomic E-state index is 12.6. The standard InChI is InChI=1S/C18H21N3O2/c22-17(19-15-10-21-7-5-11(15)6-8-21)13-3-4-14-16(9-13)23-18(20-14)12-1-2-12/h3-4,9,11-12,15H,1-2,5-8,10H2,(H,19,22)/t15-/m0/s1. The van der Waals surface area contributed by atoms with Crippen molar-refractivity contribution in [3.63, 3.8) is 0 Å². The Morgan fingerprint density at radius 2 is 2.04 bits per heavy atom. The number of piperidine rings is 3. The number of hydrogen-bond donors (Lipinski definition) is 1. The minimum atomic E-state index is 0.00928. The number of amides is 1. The number of rotatable bonds is 3. The van der Waals surface area contributed by atoms with Crippen LogP contribution in [0.3, 0.4) is 0 Å². The van der Waals surface area contributed by atoms with E-state index in [1.54, 1.807) is 0 Å². The summed E-state index contributed by atoms with van der Waals surface area (Å²) >= 11 is 0. The molecule has 4 fully saturated rings. The number of fused-ring (bicyclic) bond motifs is 4. The van der Waals surface area contributed by atoms with Gasteiger partial charge in [-0.3, -0.25) is 4.79 Å². The molecule has 3 aliphatic heterocycles. The van der Waals surface area contributed by atoms with Crippen LogP contribution in [0.2, 0.25) is 0 Å². The van der Waals surface area contributed by atoms with Crippen molar-refractivity contribution in [3.8, 4) is 0 Å². The number of nitrogens with one attached hydrogen (secondary N) is 1. The number of nitrogens with zero attached hydrogens (tertiary/aromatic N) is 2. The fourth-order valence-corrected chi connectivity index (χ4v) is 3.97. The highest BCUT2D eigenvalue weighted by atomic mass is 16.3. The molecule has 4 aliphatic rings. The van der Waals surface area contributed by atoms with Gasteiger partial charge in [0.15, 0.2) is 11.5 Å². The lowest BCUT2D eigenvalue weighted by atomic mass is 9.84. The van der Waals surface area contributed by atoms with E-state index in [0.717, 1.165) is 23.5 Å². The molecule has 2 aromatic rings. The average molecular weight is 311 g/mol. The number of carbonyl (C=O) groups excluding carboxylic acids is 1. The van der Waals surface area contributed by atoms with Gasteiger partial charge < -0.3 is 14.6 Å². The molecule has 0 spiro atoms. The highest BCUT2D eigenvalue weighted by molar-refractivity contribution is 5.97. The van der Waals surface area contributed by atoms with E-state index in [9.17, 15) is 4.79 Å². The number of hydrogen-bond acceptors (Lipinski definition) is 4. The van der Waals surface area contributed by atoms with Gasteiger partial charge >= 0.3 is 0 Å². The quantitative estimate of drug-likeness (QED) is 0.946. The Morgan fingerprint density at radius 1 is 1.22 bits per heavy atom. The molecule has 1 atom stereocenters. The lowest BCUT2D eigenvalue weighted by Gasteiger charge is -2.44. The van der Waals surface area contributed by atoms with E-state index in [4.69, 9.17) is 4.42 Å². The lowest BCUT2D eigenvalue weighted by molar-refractivity contribution is 0.0620. The van der Waals surface area contributed by atoms with Crippen LogP contribution in [0.1, 0.15) is 47.8 Å². The van der Waals surface area contributed by atoms with Crippen LogP contribution in [0.15, 0.2) is 22.6 Å². The van der Waals surface area contributed by atoms with Crippen molar-refractivity contribution < 1.29 is 9.21 Å². The fourth-order valence-electron chi connectivity index (χ4n) is 3.97. The summed E-state index contributed by atoms with van der Waals surface area (Å²) in [6.45, 7) is 3.36. The van der Waals surface area contributed by atoms with Crippen LogP contribution in [0.25, 0.3) is 11.1 Å². The summed E-state index contributed by atoms with van der Waals surface area (Å²) in [6.07, 6.45) is 4.74. The molecule has 5 nitrogen and oxygen atoms in total. The van der Waals surface area contributed by atoms with Crippen molar-refractivity contribution in [2.45, 2.75) is 37.6 Å². The molecule has 1 saturated carbocycles. The van der Waals surface area contributed by atoms with E-state index in [0.29, 0.717) is 17.4 Å². The summed E-state index contributed by atoms with van der Waals surface area (Å²) in [5, 5.41) is 3.23. The van der Waals surface area contributed by atoms with Gasteiger partial charge in [0.05, 0.1) is 0 Å². The Hall–Kier alpha value is -1.88. The first-order valence-corrected chi connectivity index (χ1v) is 8.70. The van der Waals surface area contributed by atoms with Gasteiger partial charge in [-0.1, -0.05) is 0 Å². The average Bonchev–Trinajstić information content (AvgIpc) is 3.35. The van der Waals surface area contributed by atoms with E-state index in [2.05, 4.69) is 15.2 Å². The number of benzene rings is 1. The zero-order valence-electron chi connectivity index (χ0n) is 13.1. The maximum atomic E-state index is 12.6. The highest BCUT2D eigenvalue weighted by Crippen LogP contribution is 2.40. The van der Waals surface area contributed by atoms with Gasteiger partial charge in [0.25, 0.3) is 5.91 Å². The molecule has 3 saturated heterocycles. The molecule has 0 radical (unpaired) electrons. The SMILES string of the molecule is O=C(N[C@H]1CN2CCC1CC2)c1ccc2nc(C3CC3)oc2c1. The zero-order valence-corrected chi connectivity index (χ0v) is 13.1. The van der Waals surface area contributed by atoms with E-state index < -0.39 is 0 Å². The molecule has 1 amide bonds. The number of carbonyl (C=O) groups is 1. The molecule has 1 aromatic carbocycles. The summed E-state index contributed by atoms with van der Waals surface area (Å²) in [4.78, 5) is 19.6. The molecular weight excluding hydrogens is 290 g/mol. The first-order valence-electron chi connectivity index (χ1n) is 8.70. The third kappa shape index (κ3) is 2.43. The lowest BCUT2D eigenvalue weighted by Crippen LogP contribution is -2.57. The van der Waals surface area contributed by atoms with Gasteiger partial charge in [-0.25, -0.2) is 4.98 Å². The summed E-state index contributed by atoms with van der Waals surface area (Å²) in [5.41, 5.74) is 2.26. The summed E-state index contributed by atoms with van der Waals surface area (Å²) in [7, 11) is 0. The van der Waals surface area contributed by atoms with Crippen LogP contribution in [0.5, 0.6) is 0 Å². The van der Waals surface area contributed by atoms with Crippen LogP contribution >= 0.6 is 0 Å². The predicted molar refractivity (Wildman–Crippen MR) is 86.4 cm³/mol. The van der Waals surface area contributed by atoms with Crippen molar-refractivity contribution in [2.75, 3.05) is 19.6 Å². The molecule has 5 heteroatoms. The second kappa shape index (κ2) is 5.06. The Balaban J connectivity index is 1.35. The van der Waals surface area contributed by atoms with Gasteiger partial charge in [-0.05, 0) is 62.9 Å². The largest absolute Gasteiger partial charge is 0.440 e. The van der Waals surface area contributed by atoms with E-state index in [1.807, 2.05) is 18.2 Å². The van der Waals surface area contributed by atoms with Gasteiger partial charge in [-0.15, -0.1) is 0 Å². The van der Waals surface area contributed by atoms with Crippen LogP contribution < -0.4 is 5.32 Å². The molecule has 1 N–H and O–H groups in total. The summed E-state index contributed by atoms with van der Waals surface area (Å²) < 4.78 is 5.82. The number of aromatic nitrogens is 1. The first-order chi connectivity index (χ1) is 11.3. The molecule has 4 heterocycles. The smallest absolute Gasteiger partial charge is 0.251 e. The highest BCUT2D eigenvalue weighted by Gasteiger charge is 2.35.